The third kappa shape index (κ3) is 3.33. The molecular formula is C14H21N5O. The zero-order chi connectivity index (χ0) is 14.4. The Labute approximate surface area is 118 Å². The number of rotatable bonds is 7. The van der Waals surface area contributed by atoms with Crippen LogP contribution in [0.15, 0.2) is 18.2 Å². The van der Waals surface area contributed by atoms with E-state index in [1.54, 1.807) is 4.68 Å². The summed E-state index contributed by atoms with van der Waals surface area (Å²) in [6, 6.07) is 5.79. The van der Waals surface area contributed by atoms with Crippen LogP contribution in [0.25, 0.3) is 11.4 Å². The van der Waals surface area contributed by atoms with Crippen molar-refractivity contribution in [1.82, 2.24) is 20.2 Å². The molecule has 1 aromatic carbocycles. The lowest BCUT2D eigenvalue weighted by Crippen LogP contribution is -2.10. The predicted octanol–water partition coefficient (Wildman–Crippen LogP) is 2.05. The van der Waals surface area contributed by atoms with E-state index in [9.17, 15) is 0 Å². The second kappa shape index (κ2) is 7.00. The number of unbranched alkanes of at least 4 members (excludes halogenated alkanes) is 1. The third-order valence-corrected chi connectivity index (χ3v) is 3.15. The monoisotopic (exact) mass is 275 g/mol. The van der Waals surface area contributed by atoms with Crippen LogP contribution >= 0.6 is 0 Å². The Balaban J connectivity index is 2.09. The lowest BCUT2D eigenvalue weighted by Gasteiger charge is -2.09. The number of nitrogens with zero attached hydrogens (tertiary/aromatic N) is 4. The van der Waals surface area contributed by atoms with Crippen LogP contribution in [-0.2, 0) is 11.3 Å². The van der Waals surface area contributed by atoms with Crippen LogP contribution in [0.3, 0.4) is 0 Å². The molecule has 0 spiro atoms. The molecule has 0 bridgehead atoms. The maximum atomic E-state index is 6.04. The third-order valence-electron chi connectivity index (χ3n) is 3.15. The average Bonchev–Trinajstić information content (AvgIpc) is 2.87. The Morgan fingerprint density at radius 2 is 2.15 bits per heavy atom. The molecule has 0 radical (unpaired) electrons. The van der Waals surface area contributed by atoms with Crippen molar-refractivity contribution >= 4 is 5.69 Å². The smallest absolute Gasteiger partial charge is 0.184 e. The number of nitrogen functional groups attached to an aromatic ring is 1. The highest BCUT2D eigenvalue weighted by Gasteiger charge is 2.13. The number of aromatic nitrogens is 4. The van der Waals surface area contributed by atoms with Crippen molar-refractivity contribution < 1.29 is 4.74 Å². The second-order valence-electron chi connectivity index (χ2n) is 4.73. The summed E-state index contributed by atoms with van der Waals surface area (Å²) in [4.78, 5) is 0. The molecular weight excluding hydrogens is 254 g/mol. The summed E-state index contributed by atoms with van der Waals surface area (Å²) in [5.41, 5.74) is 8.68. The quantitative estimate of drug-likeness (QED) is 0.618. The second-order valence-corrected chi connectivity index (χ2v) is 4.73. The van der Waals surface area contributed by atoms with E-state index in [4.69, 9.17) is 10.5 Å². The summed E-state index contributed by atoms with van der Waals surface area (Å²) in [6.45, 7) is 6.15. The largest absolute Gasteiger partial charge is 0.398 e. The highest BCUT2D eigenvalue weighted by atomic mass is 16.5. The van der Waals surface area contributed by atoms with E-state index in [-0.39, 0.29) is 0 Å². The Bertz CT molecular complexity index is 532. The highest BCUT2D eigenvalue weighted by molar-refractivity contribution is 5.74. The van der Waals surface area contributed by atoms with Gasteiger partial charge in [-0.15, -0.1) is 5.10 Å². The lowest BCUT2D eigenvalue weighted by atomic mass is 10.1. The predicted molar refractivity (Wildman–Crippen MR) is 78.1 cm³/mol. The molecule has 6 heteroatoms. The van der Waals surface area contributed by atoms with Gasteiger partial charge in [0.15, 0.2) is 5.82 Å². The summed E-state index contributed by atoms with van der Waals surface area (Å²) in [5, 5.41) is 11.8. The first-order valence-corrected chi connectivity index (χ1v) is 6.93. The number of ether oxygens (including phenoxy) is 1. The standard InChI is InChI=1S/C14H21N5O/c1-3-4-9-20-10-8-19-14(16-17-18-19)13-11(2)6-5-7-12(13)15/h5-7H,3-4,8-10,15H2,1-2H3. The molecule has 0 saturated heterocycles. The molecule has 20 heavy (non-hydrogen) atoms. The number of nitrogens with two attached hydrogens (primary N) is 1. The number of benzene rings is 1. The van der Waals surface area contributed by atoms with Crippen molar-refractivity contribution in [1.29, 1.82) is 0 Å². The van der Waals surface area contributed by atoms with E-state index in [0.29, 0.717) is 24.7 Å². The van der Waals surface area contributed by atoms with Gasteiger partial charge in [-0.3, -0.25) is 0 Å². The van der Waals surface area contributed by atoms with Crippen molar-refractivity contribution in [3.8, 4) is 11.4 Å². The number of hydrogen-bond acceptors (Lipinski definition) is 5. The summed E-state index contributed by atoms with van der Waals surface area (Å²) in [6.07, 6.45) is 2.21. The van der Waals surface area contributed by atoms with Gasteiger partial charge in [-0.2, -0.15) is 0 Å². The molecule has 1 aromatic heterocycles. The molecule has 0 atom stereocenters. The first-order valence-electron chi connectivity index (χ1n) is 6.93. The van der Waals surface area contributed by atoms with E-state index in [0.717, 1.165) is 30.6 Å². The van der Waals surface area contributed by atoms with Crippen LogP contribution in [0.1, 0.15) is 25.3 Å². The molecule has 0 aliphatic heterocycles. The molecule has 0 amide bonds. The Kier molecular flexibility index (Phi) is 5.06. The van der Waals surface area contributed by atoms with Gasteiger partial charge in [0.25, 0.3) is 0 Å². The fraction of sp³-hybridized carbons (Fsp3) is 0.500. The van der Waals surface area contributed by atoms with Crippen LogP contribution in [0.2, 0.25) is 0 Å². The number of hydrogen-bond donors (Lipinski definition) is 1. The Hall–Kier alpha value is -1.95. The van der Waals surface area contributed by atoms with E-state index in [2.05, 4.69) is 22.4 Å². The molecule has 0 saturated carbocycles. The molecule has 6 nitrogen and oxygen atoms in total. The highest BCUT2D eigenvalue weighted by Crippen LogP contribution is 2.26. The van der Waals surface area contributed by atoms with Gasteiger partial charge in [-0.25, -0.2) is 4.68 Å². The first kappa shape index (κ1) is 14.5. The van der Waals surface area contributed by atoms with Gasteiger partial charge in [0.2, 0.25) is 0 Å². The van der Waals surface area contributed by atoms with Crippen LogP contribution in [0.5, 0.6) is 0 Å². The van der Waals surface area contributed by atoms with Crippen LogP contribution in [-0.4, -0.2) is 33.4 Å². The molecule has 1 heterocycles. The maximum Gasteiger partial charge on any atom is 0.184 e. The van der Waals surface area contributed by atoms with Crippen molar-refractivity contribution in [3.63, 3.8) is 0 Å². The number of anilines is 1. The Morgan fingerprint density at radius 1 is 1.30 bits per heavy atom. The van der Waals surface area contributed by atoms with Gasteiger partial charge in [-0.05, 0) is 35.4 Å². The summed E-state index contributed by atoms with van der Waals surface area (Å²) in [7, 11) is 0. The Morgan fingerprint density at radius 3 is 2.90 bits per heavy atom. The van der Waals surface area contributed by atoms with E-state index < -0.39 is 0 Å². The van der Waals surface area contributed by atoms with Gasteiger partial charge in [0.1, 0.15) is 0 Å². The minimum absolute atomic E-state index is 0.601. The van der Waals surface area contributed by atoms with Gasteiger partial charge >= 0.3 is 0 Å². The average molecular weight is 275 g/mol. The van der Waals surface area contributed by atoms with Gasteiger partial charge in [0.05, 0.1) is 13.2 Å². The van der Waals surface area contributed by atoms with Crippen molar-refractivity contribution in [2.75, 3.05) is 18.9 Å². The van der Waals surface area contributed by atoms with Crippen LogP contribution in [0.4, 0.5) is 5.69 Å². The van der Waals surface area contributed by atoms with Crippen molar-refractivity contribution in [2.24, 2.45) is 0 Å². The molecule has 0 fully saturated rings. The summed E-state index contributed by atoms with van der Waals surface area (Å²) in [5.74, 6) is 0.694. The van der Waals surface area contributed by atoms with Crippen molar-refractivity contribution in [2.45, 2.75) is 33.2 Å². The van der Waals surface area contributed by atoms with Gasteiger partial charge < -0.3 is 10.5 Å². The minimum Gasteiger partial charge on any atom is -0.398 e. The van der Waals surface area contributed by atoms with E-state index in [1.165, 1.54) is 0 Å². The first-order chi connectivity index (χ1) is 9.74. The summed E-state index contributed by atoms with van der Waals surface area (Å²) < 4.78 is 7.29. The fourth-order valence-corrected chi connectivity index (χ4v) is 2.03. The van der Waals surface area contributed by atoms with Crippen molar-refractivity contribution in [3.05, 3.63) is 23.8 Å². The van der Waals surface area contributed by atoms with Crippen LogP contribution in [0, 0.1) is 6.92 Å². The van der Waals surface area contributed by atoms with E-state index in [1.807, 2.05) is 25.1 Å². The maximum absolute atomic E-state index is 6.04. The molecule has 2 aromatic rings. The topological polar surface area (TPSA) is 78.8 Å². The molecule has 0 aliphatic rings. The number of aryl methyl sites for hydroxylation is 1. The molecule has 0 unspecified atom stereocenters. The zero-order valence-corrected chi connectivity index (χ0v) is 12.0. The molecule has 108 valence electrons. The van der Waals surface area contributed by atoms with Crippen LogP contribution < -0.4 is 5.73 Å². The molecule has 2 rings (SSSR count). The normalized spacial score (nSPS) is 10.9. The minimum atomic E-state index is 0.601. The molecule has 0 aliphatic carbocycles. The van der Waals surface area contributed by atoms with Gasteiger partial charge in [0, 0.05) is 17.9 Å². The fourth-order valence-electron chi connectivity index (χ4n) is 2.03. The number of tetrazole rings is 1. The summed E-state index contributed by atoms with van der Waals surface area (Å²) >= 11 is 0. The molecule has 2 N–H and O–H groups in total. The SMILES string of the molecule is CCCCOCCn1nnnc1-c1c(C)cccc1N. The lowest BCUT2D eigenvalue weighted by molar-refractivity contribution is 0.121. The van der Waals surface area contributed by atoms with E-state index >= 15 is 0 Å². The van der Waals surface area contributed by atoms with Gasteiger partial charge in [-0.1, -0.05) is 25.5 Å². The zero-order valence-electron chi connectivity index (χ0n) is 12.0.